The standard InChI is InChI=1S/C15H15BrFNO/c1-10(19)12-4-2-3-5-15(12)18-9-11-6-7-13(16)14(17)8-11/h2-8,10,18-19H,9H2,1H3. The number of benzene rings is 2. The SMILES string of the molecule is CC(O)c1ccccc1NCc1ccc(Br)c(F)c1. The molecule has 2 aromatic carbocycles. The first-order valence-corrected chi connectivity index (χ1v) is 6.82. The molecular weight excluding hydrogens is 309 g/mol. The van der Waals surface area contributed by atoms with Crippen LogP contribution in [0.4, 0.5) is 10.1 Å². The van der Waals surface area contributed by atoms with Gasteiger partial charge in [0.25, 0.3) is 0 Å². The highest BCUT2D eigenvalue weighted by molar-refractivity contribution is 9.10. The van der Waals surface area contributed by atoms with E-state index in [0.717, 1.165) is 16.8 Å². The summed E-state index contributed by atoms with van der Waals surface area (Å²) in [5.74, 6) is -0.275. The summed E-state index contributed by atoms with van der Waals surface area (Å²) in [5.41, 5.74) is 2.54. The topological polar surface area (TPSA) is 32.3 Å². The molecule has 0 heterocycles. The van der Waals surface area contributed by atoms with Gasteiger partial charge in [0.2, 0.25) is 0 Å². The Morgan fingerprint density at radius 2 is 2.00 bits per heavy atom. The summed E-state index contributed by atoms with van der Waals surface area (Å²) in [6, 6.07) is 12.6. The molecule has 100 valence electrons. The summed E-state index contributed by atoms with van der Waals surface area (Å²) >= 11 is 3.13. The van der Waals surface area contributed by atoms with Crippen LogP contribution in [0, 0.1) is 5.82 Å². The van der Waals surface area contributed by atoms with Crippen LogP contribution in [0.25, 0.3) is 0 Å². The number of anilines is 1. The van der Waals surface area contributed by atoms with E-state index in [1.807, 2.05) is 30.3 Å². The molecule has 0 spiro atoms. The molecule has 0 aromatic heterocycles. The Morgan fingerprint density at radius 1 is 1.26 bits per heavy atom. The maximum atomic E-state index is 13.4. The van der Waals surface area contributed by atoms with Crippen molar-refractivity contribution in [1.29, 1.82) is 0 Å². The van der Waals surface area contributed by atoms with E-state index in [4.69, 9.17) is 0 Å². The molecule has 0 saturated carbocycles. The van der Waals surface area contributed by atoms with Crippen LogP contribution < -0.4 is 5.32 Å². The highest BCUT2D eigenvalue weighted by Crippen LogP contribution is 2.23. The number of rotatable bonds is 4. The molecule has 2 rings (SSSR count). The summed E-state index contributed by atoms with van der Waals surface area (Å²) in [7, 11) is 0. The number of hydrogen-bond acceptors (Lipinski definition) is 2. The molecule has 0 aliphatic rings. The maximum Gasteiger partial charge on any atom is 0.137 e. The van der Waals surface area contributed by atoms with Crippen LogP contribution in [0.5, 0.6) is 0 Å². The summed E-state index contributed by atoms with van der Waals surface area (Å²) in [5, 5.41) is 12.9. The first kappa shape index (κ1) is 14.0. The van der Waals surface area contributed by atoms with Crippen molar-refractivity contribution in [2.75, 3.05) is 5.32 Å². The van der Waals surface area contributed by atoms with Gasteiger partial charge in [0.1, 0.15) is 5.82 Å². The second-order valence-electron chi connectivity index (χ2n) is 4.37. The van der Waals surface area contributed by atoms with Crippen molar-refractivity contribution in [3.8, 4) is 0 Å². The largest absolute Gasteiger partial charge is 0.389 e. The summed E-state index contributed by atoms with van der Waals surface area (Å²) < 4.78 is 13.9. The van der Waals surface area contributed by atoms with E-state index in [2.05, 4.69) is 21.2 Å². The van der Waals surface area contributed by atoms with Gasteiger partial charge in [-0.05, 0) is 46.6 Å². The minimum absolute atomic E-state index is 0.275. The minimum atomic E-state index is -0.537. The first-order valence-electron chi connectivity index (χ1n) is 6.02. The van der Waals surface area contributed by atoms with Gasteiger partial charge in [-0.2, -0.15) is 0 Å². The lowest BCUT2D eigenvalue weighted by Gasteiger charge is -2.14. The van der Waals surface area contributed by atoms with Crippen LogP contribution in [0.2, 0.25) is 0 Å². The fraction of sp³-hybridized carbons (Fsp3) is 0.200. The number of nitrogens with one attached hydrogen (secondary N) is 1. The van der Waals surface area contributed by atoms with Crippen molar-refractivity contribution < 1.29 is 9.50 Å². The van der Waals surface area contributed by atoms with Gasteiger partial charge in [0, 0.05) is 17.8 Å². The van der Waals surface area contributed by atoms with E-state index >= 15 is 0 Å². The molecular formula is C15H15BrFNO. The molecule has 19 heavy (non-hydrogen) atoms. The second kappa shape index (κ2) is 6.17. The number of halogens is 2. The number of para-hydroxylation sites is 1. The Kier molecular flexibility index (Phi) is 4.56. The molecule has 0 aliphatic carbocycles. The summed E-state index contributed by atoms with van der Waals surface area (Å²) in [4.78, 5) is 0. The summed E-state index contributed by atoms with van der Waals surface area (Å²) in [6.45, 7) is 2.23. The Bertz CT molecular complexity index is 572. The predicted molar refractivity (Wildman–Crippen MR) is 78.5 cm³/mol. The molecule has 0 saturated heterocycles. The maximum absolute atomic E-state index is 13.4. The van der Waals surface area contributed by atoms with Gasteiger partial charge >= 0.3 is 0 Å². The van der Waals surface area contributed by atoms with Crippen LogP contribution in [0.1, 0.15) is 24.2 Å². The van der Waals surface area contributed by atoms with E-state index < -0.39 is 6.10 Å². The molecule has 0 amide bonds. The van der Waals surface area contributed by atoms with Gasteiger partial charge in [-0.25, -0.2) is 4.39 Å². The lowest BCUT2D eigenvalue weighted by atomic mass is 10.1. The fourth-order valence-electron chi connectivity index (χ4n) is 1.87. The molecule has 2 nitrogen and oxygen atoms in total. The average Bonchev–Trinajstić information content (AvgIpc) is 2.40. The van der Waals surface area contributed by atoms with Gasteiger partial charge in [0.05, 0.1) is 10.6 Å². The van der Waals surface area contributed by atoms with Gasteiger partial charge in [-0.1, -0.05) is 24.3 Å². The number of aliphatic hydroxyl groups excluding tert-OH is 1. The first-order chi connectivity index (χ1) is 9.08. The Hall–Kier alpha value is -1.39. The van der Waals surface area contributed by atoms with Crippen molar-refractivity contribution in [2.24, 2.45) is 0 Å². The molecule has 0 radical (unpaired) electrons. The van der Waals surface area contributed by atoms with E-state index in [9.17, 15) is 9.50 Å². The molecule has 2 N–H and O–H groups in total. The third kappa shape index (κ3) is 3.55. The Balaban J connectivity index is 2.12. The van der Waals surface area contributed by atoms with E-state index in [1.165, 1.54) is 6.07 Å². The molecule has 2 aromatic rings. The van der Waals surface area contributed by atoms with Crippen molar-refractivity contribution in [2.45, 2.75) is 19.6 Å². The summed E-state index contributed by atoms with van der Waals surface area (Å²) in [6.07, 6.45) is -0.537. The van der Waals surface area contributed by atoms with Crippen LogP contribution >= 0.6 is 15.9 Å². The zero-order chi connectivity index (χ0) is 13.8. The van der Waals surface area contributed by atoms with Crippen molar-refractivity contribution in [3.63, 3.8) is 0 Å². The van der Waals surface area contributed by atoms with Gasteiger partial charge in [-0.15, -0.1) is 0 Å². The molecule has 4 heteroatoms. The van der Waals surface area contributed by atoms with Crippen LogP contribution in [0.3, 0.4) is 0 Å². The van der Waals surface area contributed by atoms with E-state index in [1.54, 1.807) is 13.0 Å². The van der Waals surface area contributed by atoms with Crippen molar-refractivity contribution in [3.05, 3.63) is 63.9 Å². The molecule has 1 unspecified atom stereocenters. The highest BCUT2D eigenvalue weighted by atomic mass is 79.9. The molecule has 0 fully saturated rings. The average molecular weight is 324 g/mol. The fourth-order valence-corrected chi connectivity index (χ4v) is 2.12. The highest BCUT2D eigenvalue weighted by Gasteiger charge is 2.07. The third-order valence-electron chi connectivity index (χ3n) is 2.88. The van der Waals surface area contributed by atoms with Gasteiger partial charge in [-0.3, -0.25) is 0 Å². The molecule has 1 atom stereocenters. The van der Waals surface area contributed by atoms with Crippen LogP contribution in [-0.4, -0.2) is 5.11 Å². The normalized spacial score (nSPS) is 12.2. The van der Waals surface area contributed by atoms with Crippen molar-refractivity contribution in [1.82, 2.24) is 0 Å². The van der Waals surface area contributed by atoms with E-state index in [0.29, 0.717) is 11.0 Å². The number of aliphatic hydroxyl groups is 1. The molecule has 0 bridgehead atoms. The zero-order valence-electron chi connectivity index (χ0n) is 10.5. The Morgan fingerprint density at radius 3 is 2.68 bits per heavy atom. The quantitative estimate of drug-likeness (QED) is 0.881. The predicted octanol–water partition coefficient (Wildman–Crippen LogP) is 4.25. The van der Waals surface area contributed by atoms with Crippen LogP contribution in [0.15, 0.2) is 46.9 Å². The lowest BCUT2D eigenvalue weighted by Crippen LogP contribution is -2.04. The van der Waals surface area contributed by atoms with E-state index in [-0.39, 0.29) is 5.82 Å². The van der Waals surface area contributed by atoms with Crippen molar-refractivity contribution >= 4 is 21.6 Å². The lowest BCUT2D eigenvalue weighted by molar-refractivity contribution is 0.200. The molecule has 0 aliphatic heterocycles. The third-order valence-corrected chi connectivity index (χ3v) is 3.52. The monoisotopic (exact) mass is 323 g/mol. The Labute approximate surface area is 120 Å². The smallest absolute Gasteiger partial charge is 0.137 e. The van der Waals surface area contributed by atoms with Gasteiger partial charge in [0.15, 0.2) is 0 Å². The second-order valence-corrected chi connectivity index (χ2v) is 5.22. The number of hydrogen-bond donors (Lipinski definition) is 2. The van der Waals surface area contributed by atoms with Gasteiger partial charge < -0.3 is 10.4 Å². The zero-order valence-corrected chi connectivity index (χ0v) is 12.1. The minimum Gasteiger partial charge on any atom is -0.389 e. The van der Waals surface area contributed by atoms with Crippen LogP contribution in [-0.2, 0) is 6.54 Å².